The Balaban J connectivity index is 1.86. The molecule has 1 saturated carbocycles. The Morgan fingerprint density at radius 3 is 2.67 bits per heavy atom. The summed E-state index contributed by atoms with van der Waals surface area (Å²) in [5, 5.41) is 11.8. The minimum atomic E-state index is -0.946. The number of aliphatic carboxylic acids is 1. The minimum Gasteiger partial charge on any atom is -0.480 e. The van der Waals surface area contributed by atoms with E-state index in [2.05, 4.69) is 10.2 Å². The third-order valence-corrected chi connectivity index (χ3v) is 3.51. The van der Waals surface area contributed by atoms with E-state index in [9.17, 15) is 9.59 Å². The van der Waals surface area contributed by atoms with Crippen molar-refractivity contribution in [3.8, 4) is 0 Å². The third kappa shape index (κ3) is 3.60. The Bertz CT molecular complexity index is 331. The van der Waals surface area contributed by atoms with Gasteiger partial charge < -0.3 is 20.2 Å². The van der Waals surface area contributed by atoms with E-state index in [1.54, 1.807) is 0 Å². The van der Waals surface area contributed by atoms with E-state index >= 15 is 0 Å². The van der Waals surface area contributed by atoms with Crippen molar-refractivity contribution in [3.63, 3.8) is 0 Å². The highest BCUT2D eigenvalue weighted by molar-refractivity contribution is 5.80. The number of likely N-dealkylation sites (N-methyl/N-ethyl adjacent to an activating group) is 1. The number of carbonyl (C=O) groups excluding carboxylic acids is 1. The van der Waals surface area contributed by atoms with Crippen LogP contribution in [0.3, 0.4) is 0 Å². The van der Waals surface area contributed by atoms with E-state index in [1.807, 2.05) is 7.05 Å². The zero-order valence-corrected chi connectivity index (χ0v) is 10.8. The van der Waals surface area contributed by atoms with E-state index in [4.69, 9.17) is 5.11 Å². The Morgan fingerprint density at radius 1 is 1.39 bits per heavy atom. The first-order chi connectivity index (χ1) is 8.56. The fourth-order valence-corrected chi connectivity index (χ4v) is 2.44. The van der Waals surface area contributed by atoms with Gasteiger partial charge in [0.15, 0.2) is 0 Å². The van der Waals surface area contributed by atoms with Crippen LogP contribution in [0.5, 0.6) is 0 Å². The van der Waals surface area contributed by atoms with Gasteiger partial charge in [-0.3, -0.25) is 4.79 Å². The summed E-state index contributed by atoms with van der Waals surface area (Å²) in [5.74, 6) is -0.946. The van der Waals surface area contributed by atoms with E-state index < -0.39 is 5.97 Å². The number of carbonyl (C=O) groups is 2. The number of urea groups is 1. The number of nitrogens with zero attached hydrogens (tertiary/aromatic N) is 2. The summed E-state index contributed by atoms with van der Waals surface area (Å²) in [5.41, 5.74) is 0. The van der Waals surface area contributed by atoms with Crippen LogP contribution < -0.4 is 5.32 Å². The summed E-state index contributed by atoms with van der Waals surface area (Å²) < 4.78 is 0. The number of hydrogen-bond donors (Lipinski definition) is 2. The summed E-state index contributed by atoms with van der Waals surface area (Å²) in [4.78, 5) is 26.5. The zero-order valence-electron chi connectivity index (χ0n) is 10.8. The van der Waals surface area contributed by atoms with E-state index in [0.29, 0.717) is 0 Å². The average Bonchev–Trinajstić information content (AvgIpc) is 3.09. The number of hydrogen-bond acceptors (Lipinski definition) is 3. The van der Waals surface area contributed by atoms with Gasteiger partial charge >= 0.3 is 12.0 Å². The highest BCUT2D eigenvalue weighted by Crippen LogP contribution is 2.26. The maximum absolute atomic E-state index is 12.1. The number of piperidine rings is 1. The topological polar surface area (TPSA) is 72.9 Å². The number of nitrogens with one attached hydrogen (secondary N) is 1. The van der Waals surface area contributed by atoms with Crippen molar-refractivity contribution in [3.05, 3.63) is 0 Å². The molecule has 2 N–H and O–H groups in total. The molecule has 0 bridgehead atoms. The fourth-order valence-electron chi connectivity index (χ4n) is 2.44. The molecule has 2 rings (SSSR count). The standard InChI is InChI=1S/C12H21N3O3/c1-14-6-2-3-9(7-14)13-12(18)15(8-11(16)17)10-4-5-10/h9-10H,2-8H2,1H3,(H,13,18)(H,16,17). The summed E-state index contributed by atoms with van der Waals surface area (Å²) in [6.07, 6.45) is 3.89. The van der Waals surface area contributed by atoms with Gasteiger partial charge in [-0.25, -0.2) is 4.79 Å². The van der Waals surface area contributed by atoms with Crippen molar-refractivity contribution < 1.29 is 14.7 Å². The molecule has 0 radical (unpaired) electrons. The van der Waals surface area contributed by atoms with Gasteiger partial charge in [-0.2, -0.15) is 0 Å². The molecule has 1 unspecified atom stereocenters. The van der Waals surface area contributed by atoms with Crippen molar-refractivity contribution in [1.29, 1.82) is 0 Å². The molecule has 0 aromatic heterocycles. The number of carboxylic acids is 1. The smallest absolute Gasteiger partial charge is 0.323 e. The maximum Gasteiger partial charge on any atom is 0.323 e. The first-order valence-corrected chi connectivity index (χ1v) is 6.53. The highest BCUT2D eigenvalue weighted by atomic mass is 16.4. The van der Waals surface area contributed by atoms with Crippen LogP contribution >= 0.6 is 0 Å². The Hall–Kier alpha value is -1.30. The van der Waals surface area contributed by atoms with E-state index in [-0.39, 0.29) is 24.7 Å². The van der Waals surface area contributed by atoms with Crippen molar-refractivity contribution in [1.82, 2.24) is 15.1 Å². The van der Waals surface area contributed by atoms with Crippen molar-refractivity contribution in [2.45, 2.75) is 37.8 Å². The van der Waals surface area contributed by atoms with Gasteiger partial charge in [0.1, 0.15) is 6.54 Å². The molecule has 1 heterocycles. The number of likely N-dealkylation sites (tertiary alicyclic amines) is 1. The van der Waals surface area contributed by atoms with Crippen LogP contribution in [0.1, 0.15) is 25.7 Å². The molecule has 6 nitrogen and oxygen atoms in total. The van der Waals surface area contributed by atoms with Gasteiger partial charge in [-0.15, -0.1) is 0 Å². The number of rotatable bonds is 4. The summed E-state index contributed by atoms with van der Waals surface area (Å²) >= 11 is 0. The lowest BCUT2D eigenvalue weighted by Crippen LogP contribution is -2.52. The minimum absolute atomic E-state index is 0.127. The van der Waals surface area contributed by atoms with Gasteiger partial charge in [0.05, 0.1) is 0 Å². The fraction of sp³-hybridized carbons (Fsp3) is 0.833. The molecule has 1 saturated heterocycles. The van der Waals surface area contributed by atoms with E-state index in [1.165, 1.54) is 4.90 Å². The van der Waals surface area contributed by atoms with Crippen LogP contribution in [0, 0.1) is 0 Å². The SMILES string of the molecule is CN1CCCC(NC(=O)N(CC(=O)O)C2CC2)C1. The lowest BCUT2D eigenvalue weighted by Gasteiger charge is -2.32. The molecular weight excluding hydrogens is 234 g/mol. The Labute approximate surface area is 107 Å². The van der Waals surface area contributed by atoms with Crippen LogP contribution in [-0.2, 0) is 4.79 Å². The quantitative estimate of drug-likeness (QED) is 0.760. The Kier molecular flexibility index (Phi) is 4.06. The van der Waals surface area contributed by atoms with Crippen LogP contribution in [0.15, 0.2) is 0 Å². The summed E-state index contributed by atoms with van der Waals surface area (Å²) in [6.45, 7) is 1.71. The first-order valence-electron chi connectivity index (χ1n) is 6.53. The molecule has 0 aromatic rings. The Morgan fingerprint density at radius 2 is 2.11 bits per heavy atom. The molecule has 0 spiro atoms. The molecule has 2 fully saturated rings. The summed E-state index contributed by atoms with van der Waals surface area (Å²) in [7, 11) is 2.04. The molecule has 2 aliphatic rings. The second kappa shape index (κ2) is 5.56. The third-order valence-electron chi connectivity index (χ3n) is 3.51. The average molecular weight is 255 g/mol. The predicted octanol–water partition coefficient (Wildman–Crippen LogP) is 0.339. The second-order valence-electron chi connectivity index (χ2n) is 5.30. The van der Waals surface area contributed by atoms with Gasteiger partial charge in [0.25, 0.3) is 0 Å². The van der Waals surface area contributed by atoms with Crippen LogP contribution in [0.4, 0.5) is 4.79 Å². The van der Waals surface area contributed by atoms with Gasteiger partial charge in [0, 0.05) is 18.6 Å². The van der Waals surface area contributed by atoms with Crippen LogP contribution in [-0.4, -0.2) is 65.7 Å². The van der Waals surface area contributed by atoms with Gasteiger partial charge in [-0.1, -0.05) is 0 Å². The second-order valence-corrected chi connectivity index (χ2v) is 5.30. The van der Waals surface area contributed by atoms with Crippen molar-refractivity contribution >= 4 is 12.0 Å². The number of amides is 2. The van der Waals surface area contributed by atoms with Crippen molar-refractivity contribution in [2.75, 3.05) is 26.7 Å². The van der Waals surface area contributed by atoms with Crippen molar-refractivity contribution in [2.24, 2.45) is 0 Å². The van der Waals surface area contributed by atoms with Gasteiger partial charge in [-0.05, 0) is 39.3 Å². The molecule has 0 aromatic carbocycles. The molecule has 18 heavy (non-hydrogen) atoms. The van der Waals surface area contributed by atoms with Crippen LogP contribution in [0.25, 0.3) is 0 Å². The monoisotopic (exact) mass is 255 g/mol. The zero-order chi connectivity index (χ0) is 13.1. The molecule has 1 aliphatic heterocycles. The number of carboxylic acid groups (broad SMARTS) is 1. The van der Waals surface area contributed by atoms with E-state index in [0.717, 1.165) is 38.8 Å². The van der Waals surface area contributed by atoms with Gasteiger partial charge in [0.2, 0.25) is 0 Å². The van der Waals surface area contributed by atoms with Crippen LogP contribution in [0.2, 0.25) is 0 Å². The molecule has 6 heteroatoms. The molecule has 102 valence electrons. The molecular formula is C12H21N3O3. The summed E-state index contributed by atoms with van der Waals surface area (Å²) in [6, 6.07) is 0.0499. The lowest BCUT2D eigenvalue weighted by atomic mass is 10.1. The first kappa shape index (κ1) is 13.1. The molecule has 2 amide bonds. The normalized spacial score (nSPS) is 24.6. The largest absolute Gasteiger partial charge is 0.480 e. The maximum atomic E-state index is 12.1. The lowest BCUT2D eigenvalue weighted by molar-refractivity contribution is -0.137. The highest BCUT2D eigenvalue weighted by Gasteiger charge is 2.34. The predicted molar refractivity (Wildman–Crippen MR) is 66.4 cm³/mol. The molecule has 1 atom stereocenters. The molecule has 1 aliphatic carbocycles.